The number of amides is 1. The molecule has 5 heteroatoms. The van der Waals surface area contributed by atoms with Crippen molar-refractivity contribution in [2.45, 2.75) is 26.0 Å². The molecule has 2 N–H and O–H groups in total. The third-order valence-corrected chi connectivity index (χ3v) is 3.68. The topological polar surface area (TPSA) is 55.6 Å². The van der Waals surface area contributed by atoms with E-state index in [1.807, 2.05) is 24.1 Å². The molecule has 1 aliphatic heterocycles. The van der Waals surface area contributed by atoms with E-state index in [-0.39, 0.29) is 18.1 Å². The minimum absolute atomic E-state index is 0.0233. The van der Waals surface area contributed by atoms with Crippen molar-refractivity contribution in [3.8, 4) is 0 Å². The largest absolute Gasteiger partial charge is 0.397 e. The first kappa shape index (κ1) is 11.4. The fourth-order valence-electron chi connectivity index (χ4n) is 1.81. The van der Waals surface area contributed by atoms with Crippen LogP contribution in [-0.4, -0.2) is 36.1 Å². The standard InChI is InChI=1S/C11H16N2O2S/c1-7-6-15-8(2)5-13(7)11(14)10-9(12)3-4-16-10/h3-4,7-8H,5-6,12H2,1-2H3. The maximum absolute atomic E-state index is 12.2. The molecule has 1 aromatic rings. The Morgan fingerprint density at radius 2 is 2.38 bits per heavy atom. The second-order valence-corrected chi connectivity index (χ2v) is 5.07. The van der Waals surface area contributed by atoms with Gasteiger partial charge in [0.25, 0.3) is 5.91 Å². The molecular weight excluding hydrogens is 224 g/mol. The molecule has 2 unspecified atom stereocenters. The molecule has 1 amide bonds. The fraction of sp³-hybridized carbons (Fsp3) is 0.545. The summed E-state index contributed by atoms with van der Waals surface area (Å²) in [6.07, 6.45) is 0.0985. The van der Waals surface area contributed by atoms with Gasteiger partial charge in [-0.1, -0.05) is 0 Å². The predicted octanol–water partition coefficient (Wildman–Crippen LogP) is 1.58. The molecule has 0 aromatic carbocycles. The van der Waals surface area contributed by atoms with Gasteiger partial charge in [-0.15, -0.1) is 11.3 Å². The predicted molar refractivity (Wildman–Crippen MR) is 64.6 cm³/mol. The Morgan fingerprint density at radius 1 is 1.62 bits per heavy atom. The monoisotopic (exact) mass is 240 g/mol. The van der Waals surface area contributed by atoms with E-state index in [1.165, 1.54) is 11.3 Å². The van der Waals surface area contributed by atoms with E-state index in [0.29, 0.717) is 23.7 Å². The maximum Gasteiger partial charge on any atom is 0.266 e. The van der Waals surface area contributed by atoms with Crippen LogP contribution in [0.5, 0.6) is 0 Å². The van der Waals surface area contributed by atoms with Crippen molar-refractivity contribution in [1.29, 1.82) is 0 Å². The molecule has 1 aliphatic rings. The molecule has 0 spiro atoms. The minimum Gasteiger partial charge on any atom is -0.397 e. The molecule has 88 valence electrons. The summed E-state index contributed by atoms with van der Waals surface area (Å²) in [4.78, 5) is 14.7. The molecule has 2 heterocycles. The van der Waals surface area contributed by atoms with Gasteiger partial charge in [0, 0.05) is 6.54 Å². The second kappa shape index (κ2) is 4.43. The number of rotatable bonds is 1. The van der Waals surface area contributed by atoms with Crippen LogP contribution in [0, 0.1) is 0 Å². The molecule has 1 saturated heterocycles. The Hall–Kier alpha value is -1.07. The highest BCUT2D eigenvalue weighted by atomic mass is 32.1. The first-order valence-corrected chi connectivity index (χ1v) is 6.23. The zero-order valence-corrected chi connectivity index (χ0v) is 10.3. The smallest absolute Gasteiger partial charge is 0.266 e. The summed E-state index contributed by atoms with van der Waals surface area (Å²) in [6.45, 7) is 5.20. The molecule has 0 aliphatic carbocycles. The van der Waals surface area contributed by atoms with E-state index in [9.17, 15) is 4.79 Å². The first-order chi connectivity index (χ1) is 7.59. The van der Waals surface area contributed by atoms with Crippen LogP contribution in [0.4, 0.5) is 5.69 Å². The number of ether oxygens (including phenoxy) is 1. The quantitative estimate of drug-likeness (QED) is 0.811. The van der Waals surface area contributed by atoms with Crippen molar-refractivity contribution in [3.05, 3.63) is 16.3 Å². The summed E-state index contributed by atoms with van der Waals surface area (Å²) in [7, 11) is 0. The summed E-state index contributed by atoms with van der Waals surface area (Å²) in [5, 5.41) is 1.84. The zero-order valence-electron chi connectivity index (χ0n) is 9.47. The minimum atomic E-state index is 0.0233. The third kappa shape index (κ3) is 2.05. The van der Waals surface area contributed by atoms with Gasteiger partial charge in [-0.2, -0.15) is 0 Å². The lowest BCUT2D eigenvalue weighted by atomic mass is 10.2. The normalized spacial score (nSPS) is 25.8. The first-order valence-electron chi connectivity index (χ1n) is 5.35. The number of nitrogens with two attached hydrogens (primary N) is 1. The lowest BCUT2D eigenvalue weighted by Crippen LogP contribution is -2.50. The molecule has 2 rings (SSSR count). The van der Waals surface area contributed by atoms with Gasteiger partial charge in [-0.25, -0.2) is 0 Å². The summed E-state index contributed by atoms with van der Waals surface area (Å²) in [5.41, 5.74) is 6.33. The summed E-state index contributed by atoms with van der Waals surface area (Å²) in [6, 6.07) is 1.89. The van der Waals surface area contributed by atoms with Crippen LogP contribution < -0.4 is 5.73 Å². The molecule has 1 aromatic heterocycles. The third-order valence-electron chi connectivity index (χ3n) is 2.76. The zero-order chi connectivity index (χ0) is 11.7. The number of carbonyl (C=O) groups is 1. The van der Waals surface area contributed by atoms with Crippen LogP contribution in [0.3, 0.4) is 0 Å². The summed E-state index contributed by atoms with van der Waals surface area (Å²) >= 11 is 1.40. The van der Waals surface area contributed by atoms with E-state index in [2.05, 4.69) is 0 Å². The van der Waals surface area contributed by atoms with Gasteiger partial charge in [-0.3, -0.25) is 4.79 Å². The highest BCUT2D eigenvalue weighted by Gasteiger charge is 2.29. The molecule has 16 heavy (non-hydrogen) atoms. The highest BCUT2D eigenvalue weighted by Crippen LogP contribution is 2.23. The molecule has 2 atom stereocenters. The number of anilines is 1. The number of thiophene rings is 1. The van der Waals surface area contributed by atoms with Gasteiger partial charge < -0.3 is 15.4 Å². The van der Waals surface area contributed by atoms with Gasteiger partial charge >= 0.3 is 0 Å². The van der Waals surface area contributed by atoms with Crippen LogP contribution in [-0.2, 0) is 4.74 Å². The number of nitrogens with zero attached hydrogens (tertiary/aromatic N) is 1. The van der Waals surface area contributed by atoms with Gasteiger partial charge in [-0.05, 0) is 25.3 Å². The lowest BCUT2D eigenvalue weighted by molar-refractivity contribution is -0.0385. The van der Waals surface area contributed by atoms with Crippen molar-refractivity contribution in [3.63, 3.8) is 0 Å². The van der Waals surface area contributed by atoms with Crippen LogP contribution in [0.1, 0.15) is 23.5 Å². The van der Waals surface area contributed by atoms with Gasteiger partial charge in [0.05, 0.1) is 24.4 Å². The van der Waals surface area contributed by atoms with Gasteiger partial charge in [0.1, 0.15) is 4.88 Å². The van der Waals surface area contributed by atoms with Crippen molar-refractivity contribution in [2.75, 3.05) is 18.9 Å². The van der Waals surface area contributed by atoms with E-state index >= 15 is 0 Å². The Labute approximate surface area is 99.0 Å². The van der Waals surface area contributed by atoms with Crippen molar-refractivity contribution >= 4 is 22.9 Å². The van der Waals surface area contributed by atoms with Crippen LogP contribution >= 0.6 is 11.3 Å². The molecular formula is C11H16N2O2S. The molecule has 0 radical (unpaired) electrons. The lowest BCUT2D eigenvalue weighted by Gasteiger charge is -2.36. The number of morpholine rings is 1. The van der Waals surface area contributed by atoms with Crippen LogP contribution in [0.25, 0.3) is 0 Å². The van der Waals surface area contributed by atoms with E-state index in [1.54, 1.807) is 6.07 Å². The Bertz CT molecular complexity index is 391. The van der Waals surface area contributed by atoms with E-state index in [4.69, 9.17) is 10.5 Å². The fourth-order valence-corrected chi connectivity index (χ4v) is 2.58. The van der Waals surface area contributed by atoms with Gasteiger partial charge in [0.15, 0.2) is 0 Å². The molecule has 0 saturated carbocycles. The Morgan fingerprint density at radius 3 is 3.00 bits per heavy atom. The highest BCUT2D eigenvalue weighted by molar-refractivity contribution is 7.12. The second-order valence-electron chi connectivity index (χ2n) is 4.16. The Kier molecular flexibility index (Phi) is 3.16. The average Bonchev–Trinajstić information content (AvgIpc) is 2.67. The summed E-state index contributed by atoms with van der Waals surface area (Å²) in [5.74, 6) is 0.0233. The Balaban J connectivity index is 2.18. The number of carbonyl (C=O) groups excluding carboxylic acids is 1. The van der Waals surface area contributed by atoms with Crippen LogP contribution in [0.2, 0.25) is 0 Å². The van der Waals surface area contributed by atoms with Crippen molar-refractivity contribution in [2.24, 2.45) is 0 Å². The maximum atomic E-state index is 12.2. The van der Waals surface area contributed by atoms with Gasteiger partial charge in [0.2, 0.25) is 0 Å². The van der Waals surface area contributed by atoms with Crippen molar-refractivity contribution < 1.29 is 9.53 Å². The van der Waals surface area contributed by atoms with E-state index < -0.39 is 0 Å². The summed E-state index contributed by atoms with van der Waals surface area (Å²) < 4.78 is 5.50. The number of nitrogen functional groups attached to an aromatic ring is 1. The van der Waals surface area contributed by atoms with Crippen LogP contribution in [0.15, 0.2) is 11.4 Å². The number of hydrogen-bond donors (Lipinski definition) is 1. The molecule has 1 fully saturated rings. The van der Waals surface area contributed by atoms with E-state index in [0.717, 1.165) is 0 Å². The molecule has 0 bridgehead atoms. The SMILES string of the molecule is CC1CN(C(=O)c2sccc2N)C(C)CO1. The van der Waals surface area contributed by atoms with Crippen molar-refractivity contribution in [1.82, 2.24) is 4.90 Å². The molecule has 4 nitrogen and oxygen atoms in total. The number of hydrogen-bond acceptors (Lipinski definition) is 4. The average molecular weight is 240 g/mol.